The summed E-state index contributed by atoms with van der Waals surface area (Å²) in [5.74, 6) is 0.124. The van der Waals surface area contributed by atoms with Crippen LogP contribution in [-0.2, 0) is 0 Å². The Morgan fingerprint density at radius 3 is 3.06 bits per heavy atom. The highest BCUT2D eigenvalue weighted by Crippen LogP contribution is 2.28. The van der Waals surface area contributed by atoms with Crippen LogP contribution in [0.25, 0.3) is 0 Å². The number of nitrogens with zero attached hydrogens (tertiary/aromatic N) is 2. The van der Waals surface area contributed by atoms with Gasteiger partial charge in [0.1, 0.15) is 0 Å². The molecule has 2 heterocycles. The molecule has 1 saturated heterocycles. The molecule has 17 heavy (non-hydrogen) atoms. The Morgan fingerprint density at radius 2 is 2.35 bits per heavy atom. The summed E-state index contributed by atoms with van der Waals surface area (Å²) in [6.45, 7) is 0.878. The Balaban J connectivity index is 2.23. The van der Waals surface area contributed by atoms with Crippen LogP contribution in [0, 0.1) is 5.82 Å². The summed E-state index contributed by atoms with van der Waals surface area (Å²) in [6, 6.07) is 1.72. The Labute approximate surface area is 114 Å². The molecule has 5 heteroatoms. The lowest BCUT2D eigenvalue weighted by Gasteiger charge is -2.36. The highest BCUT2D eigenvalue weighted by Gasteiger charge is 2.25. The fourth-order valence-electron chi connectivity index (χ4n) is 2.32. The molecule has 0 saturated carbocycles. The van der Waals surface area contributed by atoms with E-state index in [2.05, 4.69) is 25.8 Å². The number of hydrogen-bond donors (Lipinski definition) is 0. The standard InChI is InChI=1S/C12H15BrClFN2/c13-5-4-10-3-1-2-6-17(10)12-11(15)7-9(14)8-16-12/h7-8,10H,1-6H2. The molecule has 1 aromatic heterocycles. The SMILES string of the molecule is Fc1cc(Cl)cnc1N1CCCCC1CCBr. The summed E-state index contributed by atoms with van der Waals surface area (Å²) >= 11 is 9.18. The van der Waals surface area contributed by atoms with Crippen LogP contribution in [0.5, 0.6) is 0 Å². The van der Waals surface area contributed by atoms with Gasteiger partial charge in [-0.2, -0.15) is 0 Å². The highest BCUT2D eigenvalue weighted by atomic mass is 79.9. The average Bonchev–Trinajstić information content (AvgIpc) is 2.31. The van der Waals surface area contributed by atoms with E-state index in [1.807, 2.05) is 0 Å². The minimum atomic E-state index is -0.320. The van der Waals surface area contributed by atoms with Gasteiger partial charge in [0.2, 0.25) is 0 Å². The van der Waals surface area contributed by atoms with E-state index in [1.165, 1.54) is 18.7 Å². The van der Waals surface area contributed by atoms with Crippen LogP contribution >= 0.6 is 27.5 Å². The van der Waals surface area contributed by atoms with Crippen LogP contribution in [0.2, 0.25) is 5.02 Å². The lowest BCUT2D eigenvalue weighted by atomic mass is 10.00. The molecule has 1 aliphatic rings. The third-order valence-electron chi connectivity index (χ3n) is 3.13. The van der Waals surface area contributed by atoms with Gasteiger partial charge < -0.3 is 4.90 Å². The lowest BCUT2D eigenvalue weighted by molar-refractivity contribution is 0.441. The summed E-state index contributed by atoms with van der Waals surface area (Å²) < 4.78 is 13.8. The molecule has 1 unspecified atom stereocenters. The molecule has 0 radical (unpaired) electrons. The average molecular weight is 322 g/mol. The monoisotopic (exact) mass is 320 g/mol. The summed E-state index contributed by atoms with van der Waals surface area (Å²) in [4.78, 5) is 6.22. The van der Waals surface area contributed by atoms with E-state index in [0.717, 1.165) is 31.1 Å². The molecular formula is C12H15BrClFN2. The van der Waals surface area contributed by atoms with Gasteiger partial charge in [0.05, 0.1) is 5.02 Å². The molecule has 0 N–H and O–H groups in total. The van der Waals surface area contributed by atoms with Gasteiger partial charge in [0.15, 0.2) is 11.6 Å². The van der Waals surface area contributed by atoms with E-state index in [1.54, 1.807) is 0 Å². The summed E-state index contributed by atoms with van der Waals surface area (Å²) in [6.07, 6.45) is 5.95. The first-order valence-electron chi connectivity index (χ1n) is 5.86. The number of alkyl halides is 1. The molecule has 0 bridgehead atoms. The lowest BCUT2D eigenvalue weighted by Crippen LogP contribution is -2.40. The third-order valence-corrected chi connectivity index (χ3v) is 3.79. The molecule has 1 fully saturated rings. The van der Waals surface area contributed by atoms with Crippen molar-refractivity contribution in [2.45, 2.75) is 31.7 Å². The normalized spacial score (nSPS) is 20.6. The van der Waals surface area contributed by atoms with E-state index in [0.29, 0.717) is 16.9 Å². The van der Waals surface area contributed by atoms with Crippen molar-refractivity contribution in [3.63, 3.8) is 0 Å². The zero-order valence-corrected chi connectivity index (χ0v) is 11.8. The first-order chi connectivity index (χ1) is 8.22. The second-order valence-corrected chi connectivity index (χ2v) is 5.51. The minimum Gasteiger partial charge on any atom is -0.351 e. The Hall–Kier alpha value is -0.350. The van der Waals surface area contributed by atoms with Crippen LogP contribution in [0.15, 0.2) is 12.3 Å². The number of halogens is 3. The van der Waals surface area contributed by atoms with Crippen LogP contribution in [0.3, 0.4) is 0 Å². The summed E-state index contributed by atoms with van der Waals surface area (Å²) in [5.41, 5.74) is 0. The Morgan fingerprint density at radius 1 is 1.53 bits per heavy atom. The van der Waals surface area contributed by atoms with Gasteiger partial charge in [-0.25, -0.2) is 9.37 Å². The van der Waals surface area contributed by atoms with Crippen molar-refractivity contribution in [3.05, 3.63) is 23.1 Å². The van der Waals surface area contributed by atoms with Crippen molar-refractivity contribution in [2.24, 2.45) is 0 Å². The topological polar surface area (TPSA) is 16.1 Å². The van der Waals surface area contributed by atoms with Gasteiger partial charge in [-0.05, 0) is 31.7 Å². The Kier molecular flexibility index (Phi) is 4.62. The summed E-state index contributed by atoms with van der Waals surface area (Å²) in [7, 11) is 0. The van der Waals surface area contributed by atoms with Gasteiger partial charge in [0.25, 0.3) is 0 Å². The second-order valence-electron chi connectivity index (χ2n) is 4.28. The number of anilines is 1. The molecule has 1 atom stereocenters. The molecule has 0 aliphatic carbocycles. The van der Waals surface area contributed by atoms with Crippen LogP contribution in [0.1, 0.15) is 25.7 Å². The van der Waals surface area contributed by atoms with Crippen LogP contribution in [-0.4, -0.2) is 22.9 Å². The number of hydrogen-bond acceptors (Lipinski definition) is 2. The number of piperidine rings is 1. The maximum absolute atomic E-state index is 13.8. The largest absolute Gasteiger partial charge is 0.351 e. The molecule has 1 aromatic rings. The van der Waals surface area contributed by atoms with Crippen molar-refractivity contribution < 1.29 is 4.39 Å². The number of aromatic nitrogens is 1. The minimum absolute atomic E-state index is 0.320. The molecule has 0 amide bonds. The molecule has 2 nitrogen and oxygen atoms in total. The van der Waals surface area contributed by atoms with Crippen LogP contribution < -0.4 is 4.90 Å². The quantitative estimate of drug-likeness (QED) is 0.782. The van der Waals surface area contributed by atoms with E-state index >= 15 is 0 Å². The molecule has 0 spiro atoms. The summed E-state index contributed by atoms with van der Waals surface area (Å²) in [5, 5.41) is 1.28. The molecule has 0 aromatic carbocycles. The van der Waals surface area contributed by atoms with Crippen molar-refractivity contribution >= 4 is 33.3 Å². The fraction of sp³-hybridized carbons (Fsp3) is 0.583. The zero-order chi connectivity index (χ0) is 12.3. The number of rotatable bonds is 3. The predicted molar refractivity (Wildman–Crippen MR) is 72.6 cm³/mol. The highest BCUT2D eigenvalue weighted by molar-refractivity contribution is 9.09. The first kappa shape index (κ1) is 13.1. The zero-order valence-electron chi connectivity index (χ0n) is 9.50. The number of pyridine rings is 1. The smallest absolute Gasteiger partial charge is 0.167 e. The van der Waals surface area contributed by atoms with E-state index in [4.69, 9.17) is 11.6 Å². The maximum atomic E-state index is 13.8. The fourth-order valence-corrected chi connectivity index (χ4v) is 3.00. The Bertz CT molecular complexity index is 387. The van der Waals surface area contributed by atoms with Gasteiger partial charge in [-0.15, -0.1) is 0 Å². The molecule has 94 valence electrons. The maximum Gasteiger partial charge on any atom is 0.167 e. The first-order valence-corrected chi connectivity index (χ1v) is 7.36. The van der Waals surface area contributed by atoms with E-state index in [9.17, 15) is 4.39 Å². The second kappa shape index (κ2) is 6.01. The van der Waals surface area contributed by atoms with Crippen molar-refractivity contribution in [3.8, 4) is 0 Å². The van der Waals surface area contributed by atoms with Gasteiger partial charge in [-0.3, -0.25) is 0 Å². The van der Waals surface area contributed by atoms with Gasteiger partial charge in [-0.1, -0.05) is 27.5 Å². The third kappa shape index (κ3) is 3.10. The van der Waals surface area contributed by atoms with E-state index < -0.39 is 0 Å². The molecule has 1 aliphatic heterocycles. The molecular weight excluding hydrogens is 307 g/mol. The predicted octanol–water partition coefficient (Wildman–Crippen LogP) is 4.02. The van der Waals surface area contributed by atoms with Gasteiger partial charge in [0, 0.05) is 24.1 Å². The van der Waals surface area contributed by atoms with Crippen LogP contribution in [0.4, 0.5) is 10.2 Å². The van der Waals surface area contributed by atoms with Crippen molar-refractivity contribution in [1.29, 1.82) is 0 Å². The molecule has 2 rings (SSSR count). The van der Waals surface area contributed by atoms with Gasteiger partial charge >= 0.3 is 0 Å². The van der Waals surface area contributed by atoms with E-state index in [-0.39, 0.29) is 5.82 Å². The van der Waals surface area contributed by atoms with Crippen molar-refractivity contribution in [1.82, 2.24) is 4.98 Å². The van der Waals surface area contributed by atoms with Crippen molar-refractivity contribution in [2.75, 3.05) is 16.8 Å².